The van der Waals surface area contributed by atoms with Crippen molar-refractivity contribution in [3.05, 3.63) is 65.3 Å². The van der Waals surface area contributed by atoms with E-state index in [0.717, 1.165) is 12.8 Å². The molecule has 0 fully saturated rings. The smallest absolute Gasteiger partial charge is 0.155 e. The fourth-order valence-electron chi connectivity index (χ4n) is 4.52. The molecule has 2 heteroatoms. The molecule has 0 aromatic heterocycles. The lowest BCUT2D eigenvalue weighted by Gasteiger charge is -2.07. The van der Waals surface area contributed by atoms with E-state index >= 15 is 0 Å². The van der Waals surface area contributed by atoms with Crippen LogP contribution in [0.15, 0.2) is 48.6 Å². The summed E-state index contributed by atoms with van der Waals surface area (Å²) in [6.07, 6.45) is 10.0. The van der Waals surface area contributed by atoms with Gasteiger partial charge >= 0.3 is 0 Å². The number of fused-ring (bicyclic) bond motifs is 5. The van der Waals surface area contributed by atoms with Gasteiger partial charge in [-0.15, -0.1) is 0 Å². The highest BCUT2D eigenvalue weighted by atomic mass is 35.6. The van der Waals surface area contributed by atoms with Gasteiger partial charge in [-0.2, -0.15) is 11.1 Å². The molecule has 0 amide bonds. The minimum Gasteiger partial charge on any atom is -0.155 e. The molecule has 1 aliphatic heterocycles. The van der Waals surface area contributed by atoms with Crippen LogP contribution in [0.5, 0.6) is 0 Å². The monoisotopic (exact) mass is 334 g/mol. The second-order valence-corrected chi connectivity index (χ2v) is 11.9. The third kappa shape index (κ3) is 1.78. The van der Waals surface area contributed by atoms with E-state index in [1.54, 1.807) is 15.9 Å². The van der Waals surface area contributed by atoms with Gasteiger partial charge in [0.1, 0.15) is 0 Å². The summed E-state index contributed by atoms with van der Waals surface area (Å²) >= 11 is 7.24. The summed E-state index contributed by atoms with van der Waals surface area (Å²) < 4.78 is 0. The average Bonchev–Trinajstić information content (AvgIpc) is 2.97. The van der Waals surface area contributed by atoms with Gasteiger partial charge in [0.15, 0.2) is 0 Å². The lowest BCUT2D eigenvalue weighted by molar-refractivity contribution is 1.07. The summed E-state index contributed by atoms with van der Waals surface area (Å²) in [6.45, 7) is 2.26. The molecule has 0 spiro atoms. The second kappa shape index (κ2) is 4.72. The Morgan fingerprint density at radius 1 is 1.09 bits per heavy atom. The predicted octanol–water partition coefficient (Wildman–Crippen LogP) is 4.62. The summed E-state index contributed by atoms with van der Waals surface area (Å²) in [5.41, 5.74) is 8.81. The van der Waals surface area contributed by atoms with Crippen molar-refractivity contribution >= 4 is 34.4 Å². The Kier molecular flexibility index (Phi) is 2.84. The van der Waals surface area contributed by atoms with Gasteiger partial charge in [0.2, 0.25) is 7.38 Å². The van der Waals surface area contributed by atoms with Gasteiger partial charge in [-0.05, 0) is 68.7 Å². The zero-order chi connectivity index (χ0) is 15.6. The number of hydrogen-bond donors (Lipinski definition) is 0. The van der Waals surface area contributed by atoms with Crippen LogP contribution in [-0.4, -0.2) is 7.38 Å². The topological polar surface area (TPSA) is 0 Å². The number of hydrogen-bond acceptors (Lipinski definition) is 0. The van der Waals surface area contributed by atoms with Crippen molar-refractivity contribution in [1.29, 1.82) is 0 Å². The van der Waals surface area contributed by atoms with E-state index in [1.807, 2.05) is 0 Å². The maximum atomic E-state index is 7.24. The van der Waals surface area contributed by atoms with E-state index in [2.05, 4.69) is 55.5 Å². The fourth-order valence-corrected chi connectivity index (χ4v) is 10.3. The number of halogens is 1. The summed E-state index contributed by atoms with van der Waals surface area (Å²) in [7, 11) is -1.85. The van der Waals surface area contributed by atoms with Gasteiger partial charge in [0.05, 0.1) is 0 Å². The van der Waals surface area contributed by atoms with Crippen molar-refractivity contribution in [2.24, 2.45) is 0 Å². The molecule has 1 heterocycles. The molecular weight excluding hydrogens is 316 g/mol. The second-order valence-electron chi connectivity index (χ2n) is 6.91. The summed E-state index contributed by atoms with van der Waals surface area (Å²) in [6, 6.07) is 12.5. The Hall–Kier alpha value is -1.57. The third-order valence-corrected chi connectivity index (χ3v) is 10.8. The van der Waals surface area contributed by atoms with E-state index in [0.29, 0.717) is 0 Å². The van der Waals surface area contributed by atoms with Crippen LogP contribution in [0.3, 0.4) is 0 Å². The average molecular weight is 335 g/mol. The van der Waals surface area contributed by atoms with Gasteiger partial charge in [0.25, 0.3) is 0 Å². The van der Waals surface area contributed by atoms with Crippen molar-refractivity contribution in [3.63, 3.8) is 0 Å². The molecule has 23 heavy (non-hydrogen) atoms. The number of benzene rings is 2. The molecule has 0 saturated heterocycles. The first-order valence-corrected chi connectivity index (χ1v) is 11.8. The lowest BCUT2D eigenvalue weighted by atomic mass is 9.98. The van der Waals surface area contributed by atoms with Crippen LogP contribution in [0.4, 0.5) is 0 Å². The van der Waals surface area contributed by atoms with Crippen LogP contribution in [-0.2, 0) is 6.42 Å². The molecule has 1 atom stereocenters. The highest BCUT2D eigenvalue weighted by Crippen LogP contribution is 2.44. The van der Waals surface area contributed by atoms with Gasteiger partial charge in [-0.3, -0.25) is 0 Å². The predicted molar refractivity (Wildman–Crippen MR) is 102 cm³/mol. The molecule has 5 rings (SSSR count). The van der Waals surface area contributed by atoms with Gasteiger partial charge in [-0.25, -0.2) is 0 Å². The Morgan fingerprint density at radius 3 is 2.74 bits per heavy atom. The Bertz CT molecular complexity index is 906. The van der Waals surface area contributed by atoms with Crippen LogP contribution in [0.2, 0.25) is 6.04 Å². The maximum absolute atomic E-state index is 7.24. The minimum absolute atomic E-state index is 1.06. The van der Waals surface area contributed by atoms with Crippen molar-refractivity contribution in [2.45, 2.75) is 32.2 Å². The van der Waals surface area contributed by atoms with Crippen molar-refractivity contribution in [1.82, 2.24) is 0 Å². The number of allylic oxidation sites excluding steroid dienone is 4. The quantitative estimate of drug-likeness (QED) is 0.484. The van der Waals surface area contributed by atoms with Gasteiger partial charge < -0.3 is 0 Å². The largest absolute Gasteiger partial charge is 0.218 e. The first-order chi connectivity index (χ1) is 11.2. The Morgan fingerprint density at radius 2 is 1.96 bits per heavy atom. The van der Waals surface area contributed by atoms with Crippen LogP contribution in [0, 0.1) is 0 Å². The molecule has 0 nitrogen and oxygen atoms in total. The summed E-state index contributed by atoms with van der Waals surface area (Å²) in [5, 5.41) is 3.14. The molecule has 2 aromatic rings. The molecule has 2 aromatic carbocycles. The molecule has 1 unspecified atom stereocenters. The maximum Gasteiger partial charge on any atom is 0.218 e. The first kappa shape index (κ1) is 13.8. The first-order valence-electron chi connectivity index (χ1n) is 8.58. The van der Waals surface area contributed by atoms with Crippen LogP contribution in [0.25, 0.3) is 16.7 Å². The van der Waals surface area contributed by atoms with Gasteiger partial charge in [0, 0.05) is 0 Å². The van der Waals surface area contributed by atoms with E-state index < -0.39 is 7.38 Å². The standard InChI is InChI=1S/C21H19ClSi/c1-2-11-23(22)20-17(14-7-3-4-8-14)13-18-16-10-6-5-9-15(16)12-19(18)21(20)23/h3-7,9-10,13H,2,8,11-12H2,1H3. The molecule has 0 saturated carbocycles. The zero-order valence-electron chi connectivity index (χ0n) is 13.3. The molecule has 0 radical (unpaired) electrons. The van der Waals surface area contributed by atoms with Crippen molar-refractivity contribution < 1.29 is 0 Å². The highest BCUT2D eigenvalue weighted by Gasteiger charge is 2.56. The van der Waals surface area contributed by atoms with E-state index in [9.17, 15) is 0 Å². The molecule has 3 aliphatic rings. The van der Waals surface area contributed by atoms with Crippen LogP contribution in [0.1, 0.15) is 36.5 Å². The molecule has 114 valence electrons. The Balaban J connectivity index is 1.75. The molecule has 0 bridgehead atoms. The molecule has 2 aliphatic carbocycles. The van der Waals surface area contributed by atoms with E-state index in [-0.39, 0.29) is 0 Å². The highest BCUT2D eigenvalue weighted by molar-refractivity contribution is 7.44. The summed E-state index contributed by atoms with van der Waals surface area (Å²) in [5.74, 6) is 0. The SMILES string of the molecule is CCC[Si]1(Cl)c2c(C3=CC=CC3)cc3c(c21)Cc1ccccc1-3. The van der Waals surface area contributed by atoms with Crippen LogP contribution < -0.4 is 10.4 Å². The van der Waals surface area contributed by atoms with Crippen molar-refractivity contribution in [2.75, 3.05) is 0 Å². The lowest BCUT2D eigenvalue weighted by Crippen LogP contribution is -2.22. The zero-order valence-corrected chi connectivity index (χ0v) is 15.1. The van der Waals surface area contributed by atoms with Gasteiger partial charge in [-0.1, -0.05) is 55.8 Å². The minimum atomic E-state index is -1.85. The molecular formula is C21H19ClSi. The Labute approximate surface area is 143 Å². The van der Waals surface area contributed by atoms with E-state index in [1.165, 1.54) is 40.3 Å². The van der Waals surface area contributed by atoms with Crippen molar-refractivity contribution in [3.8, 4) is 11.1 Å². The number of rotatable bonds is 3. The normalized spacial score (nSPS) is 22.6. The van der Waals surface area contributed by atoms with E-state index in [4.69, 9.17) is 11.1 Å². The fraction of sp³-hybridized carbons (Fsp3) is 0.238. The summed E-state index contributed by atoms with van der Waals surface area (Å²) in [4.78, 5) is 0. The van der Waals surface area contributed by atoms with Crippen LogP contribution >= 0.6 is 11.1 Å². The molecule has 0 N–H and O–H groups in total. The third-order valence-electron chi connectivity index (χ3n) is 5.55.